The lowest BCUT2D eigenvalue weighted by atomic mass is 10.1. The van der Waals surface area contributed by atoms with Crippen LogP contribution in [0.4, 0.5) is 0 Å². The summed E-state index contributed by atoms with van der Waals surface area (Å²) in [5.41, 5.74) is 1.30. The van der Waals surface area contributed by atoms with E-state index in [9.17, 15) is 4.79 Å². The van der Waals surface area contributed by atoms with Gasteiger partial charge in [-0.15, -0.1) is 6.58 Å². The Bertz CT molecular complexity index is 528. The number of hydrogen-bond acceptors (Lipinski definition) is 2. The third-order valence-electron chi connectivity index (χ3n) is 2.06. The quantitative estimate of drug-likeness (QED) is 0.725. The van der Waals surface area contributed by atoms with Gasteiger partial charge in [0, 0.05) is 17.5 Å². The van der Waals surface area contributed by atoms with E-state index in [0.29, 0.717) is 6.42 Å². The third kappa shape index (κ3) is 1.44. The molecule has 0 bridgehead atoms. The average molecular weight is 186 g/mol. The summed E-state index contributed by atoms with van der Waals surface area (Å²) in [6.45, 7) is 3.65. The first-order valence-electron chi connectivity index (χ1n) is 4.40. The Labute approximate surface area is 81.1 Å². The summed E-state index contributed by atoms with van der Waals surface area (Å²) < 4.78 is 0. The fourth-order valence-corrected chi connectivity index (χ4v) is 1.47. The molecule has 0 aliphatic carbocycles. The van der Waals surface area contributed by atoms with Crippen molar-refractivity contribution in [2.75, 3.05) is 0 Å². The summed E-state index contributed by atoms with van der Waals surface area (Å²) >= 11 is 0. The van der Waals surface area contributed by atoms with E-state index in [4.69, 9.17) is 0 Å². The standard InChI is InChI=1S/C11H10N2O/c1-2-5-9-8-6-3-4-7-10(8)13-11(14)12-9/h2-4,6-7H,1,5H2,(H,12,13,14). The molecule has 1 aromatic heterocycles. The van der Waals surface area contributed by atoms with Gasteiger partial charge in [-0.3, -0.25) is 0 Å². The number of H-pyrrole nitrogens is 1. The summed E-state index contributed by atoms with van der Waals surface area (Å²) in [5.74, 6) is 0. The van der Waals surface area contributed by atoms with Crippen molar-refractivity contribution in [3.63, 3.8) is 0 Å². The highest BCUT2D eigenvalue weighted by Gasteiger charge is 2.01. The minimum atomic E-state index is -0.305. The highest BCUT2D eigenvalue weighted by atomic mass is 16.1. The van der Waals surface area contributed by atoms with Crippen molar-refractivity contribution in [2.24, 2.45) is 0 Å². The molecule has 2 aromatic rings. The van der Waals surface area contributed by atoms with Crippen LogP contribution in [0.15, 0.2) is 41.7 Å². The summed E-state index contributed by atoms with van der Waals surface area (Å²) in [6, 6.07) is 7.57. The third-order valence-corrected chi connectivity index (χ3v) is 2.06. The molecule has 0 saturated heterocycles. The van der Waals surface area contributed by atoms with Gasteiger partial charge in [-0.05, 0) is 6.07 Å². The van der Waals surface area contributed by atoms with E-state index in [1.165, 1.54) is 0 Å². The van der Waals surface area contributed by atoms with Crippen LogP contribution in [0.25, 0.3) is 10.9 Å². The Hall–Kier alpha value is -1.90. The maximum Gasteiger partial charge on any atom is 0.345 e. The zero-order chi connectivity index (χ0) is 9.97. The smallest absolute Gasteiger partial charge is 0.309 e. The van der Waals surface area contributed by atoms with Crippen LogP contribution >= 0.6 is 0 Å². The summed E-state index contributed by atoms with van der Waals surface area (Å²) in [5, 5.41) is 0.979. The molecule has 0 unspecified atom stereocenters. The van der Waals surface area contributed by atoms with Gasteiger partial charge in [0.05, 0.1) is 5.52 Å². The number of hydrogen-bond donors (Lipinski definition) is 1. The Morgan fingerprint density at radius 3 is 3.00 bits per heavy atom. The fourth-order valence-electron chi connectivity index (χ4n) is 1.47. The predicted octanol–water partition coefficient (Wildman–Crippen LogP) is 1.65. The van der Waals surface area contributed by atoms with Crippen LogP contribution in [-0.4, -0.2) is 9.97 Å². The van der Waals surface area contributed by atoms with E-state index in [1.54, 1.807) is 6.08 Å². The Balaban J connectivity index is 2.79. The van der Waals surface area contributed by atoms with Crippen LogP contribution in [0.1, 0.15) is 5.69 Å². The second-order valence-electron chi connectivity index (χ2n) is 3.03. The van der Waals surface area contributed by atoms with Gasteiger partial charge in [0.1, 0.15) is 0 Å². The number of fused-ring (bicyclic) bond motifs is 1. The number of benzene rings is 1. The van der Waals surface area contributed by atoms with Gasteiger partial charge in [0.2, 0.25) is 0 Å². The number of aromatic nitrogens is 2. The minimum absolute atomic E-state index is 0.305. The molecule has 1 aromatic carbocycles. The second kappa shape index (κ2) is 3.46. The van der Waals surface area contributed by atoms with Crippen LogP contribution in [0.3, 0.4) is 0 Å². The molecular weight excluding hydrogens is 176 g/mol. The molecule has 70 valence electrons. The maximum atomic E-state index is 11.2. The lowest BCUT2D eigenvalue weighted by Crippen LogP contribution is -2.12. The number of para-hydroxylation sites is 1. The molecule has 0 saturated carbocycles. The lowest BCUT2D eigenvalue weighted by molar-refractivity contribution is 1.03. The summed E-state index contributed by atoms with van der Waals surface area (Å²) in [6.07, 6.45) is 2.41. The molecule has 3 heteroatoms. The Morgan fingerprint density at radius 2 is 2.21 bits per heavy atom. The first-order valence-corrected chi connectivity index (χ1v) is 4.40. The number of nitrogens with one attached hydrogen (secondary N) is 1. The molecule has 0 fully saturated rings. The maximum absolute atomic E-state index is 11.2. The van der Waals surface area contributed by atoms with Gasteiger partial charge in [0.15, 0.2) is 0 Å². The van der Waals surface area contributed by atoms with Crippen LogP contribution in [-0.2, 0) is 6.42 Å². The minimum Gasteiger partial charge on any atom is -0.309 e. The zero-order valence-corrected chi connectivity index (χ0v) is 7.66. The van der Waals surface area contributed by atoms with E-state index in [1.807, 2.05) is 24.3 Å². The monoisotopic (exact) mass is 186 g/mol. The van der Waals surface area contributed by atoms with Crippen LogP contribution in [0.5, 0.6) is 0 Å². The summed E-state index contributed by atoms with van der Waals surface area (Å²) in [7, 11) is 0. The largest absolute Gasteiger partial charge is 0.345 e. The highest BCUT2D eigenvalue weighted by Crippen LogP contribution is 2.12. The molecule has 0 aliphatic rings. The molecule has 3 nitrogen and oxygen atoms in total. The number of rotatable bonds is 2. The molecule has 1 heterocycles. The topological polar surface area (TPSA) is 45.8 Å². The Morgan fingerprint density at radius 1 is 1.43 bits per heavy atom. The second-order valence-corrected chi connectivity index (χ2v) is 3.03. The highest BCUT2D eigenvalue weighted by molar-refractivity contribution is 5.80. The van der Waals surface area contributed by atoms with E-state index in [2.05, 4.69) is 16.5 Å². The first-order chi connectivity index (χ1) is 6.81. The van der Waals surface area contributed by atoms with Gasteiger partial charge in [-0.1, -0.05) is 24.3 Å². The number of aromatic amines is 1. The molecule has 0 aliphatic heterocycles. The first kappa shape index (κ1) is 8.69. The fraction of sp³-hybridized carbons (Fsp3) is 0.0909. The molecule has 1 N–H and O–H groups in total. The van der Waals surface area contributed by atoms with Crippen molar-refractivity contribution in [3.8, 4) is 0 Å². The van der Waals surface area contributed by atoms with E-state index in [-0.39, 0.29) is 5.69 Å². The van der Waals surface area contributed by atoms with Crippen LogP contribution in [0.2, 0.25) is 0 Å². The van der Waals surface area contributed by atoms with Crippen molar-refractivity contribution in [3.05, 3.63) is 53.1 Å². The summed E-state index contributed by atoms with van der Waals surface area (Å²) in [4.78, 5) is 17.8. The van der Waals surface area contributed by atoms with Crippen molar-refractivity contribution in [1.29, 1.82) is 0 Å². The van der Waals surface area contributed by atoms with Crippen LogP contribution in [0, 0.1) is 0 Å². The van der Waals surface area contributed by atoms with Gasteiger partial charge in [0.25, 0.3) is 0 Å². The molecule has 14 heavy (non-hydrogen) atoms. The molecule has 0 radical (unpaired) electrons. The molecule has 2 rings (SSSR count). The number of allylic oxidation sites excluding steroid dienone is 1. The molecule has 0 atom stereocenters. The predicted molar refractivity (Wildman–Crippen MR) is 56.3 cm³/mol. The van der Waals surface area contributed by atoms with Gasteiger partial charge < -0.3 is 4.98 Å². The zero-order valence-electron chi connectivity index (χ0n) is 7.66. The molecule has 0 amide bonds. The van der Waals surface area contributed by atoms with Gasteiger partial charge in [-0.2, -0.15) is 4.98 Å². The van der Waals surface area contributed by atoms with E-state index < -0.39 is 0 Å². The molecule has 0 spiro atoms. The van der Waals surface area contributed by atoms with Gasteiger partial charge >= 0.3 is 5.69 Å². The van der Waals surface area contributed by atoms with Crippen molar-refractivity contribution >= 4 is 10.9 Å². The number of nitrogens with zero attached hydrogens (tertiary/aromatic N) is 1. The van der Waals surface area contributed by atoms with E-state index in [0.717, 1.165) is 16.6 Å². The average Bonchev–Trinajstić information content (AvgIpc) is 2.18. The van der Waals surface area contributed by atoms with Crippen molar-refractivity contribution < 1.29 is 0 Å². The van der Waals surface area contributed by atoms with Crippen molar-refractivity contribution in [2.45, 2.75) is 6.42 Å². The van der Waals surface area contributed by atoms with Crippen LogP contribution < -0.4 is 5.69 Å². The van der Waals surface area contributed by atoms with E-state index >= 15 is 0 Å². The Kier molecular flexibility index (Phi) is 2.14. The van der Waals surface area contributed by atoms with Crippen molar-refractivity contribution in [1.82, 2.24) is 9.97 Å². The normalized spacial score (nSPS) is 10.3. The molecular formula is C11H10N2O. The van der Waals surface area contributed by atoms with Gasteiger partial charge in [-0.25, -0.2) is 4.79 Å². The lowest BCUT2D eigenvalue weighted by Gasteiger charge is -2.01. The SMILES string of the molecule is C=CCc1[nH]c(=O)nc2ccccc12.